The molecule has 0 bridgehead atoms. The van der Waals surface area contributed by atoms with Crippen LogP contribution < -0.4 is 0 Å². The summed E-state index contributed by atoms with van der Waals surface area (Å²) in [6, 6.07) is 58.8. The summed E-state index contributed by atoms with van der Waals surface area (Å²) in [6.07, 6.45) is 2.15. The Morgan fingerprint density at radius 1 is 0.528 bits per heavy atom. The van der Waals surface area contributed by atoms with Crippen LogP contribution in [-0.4, -0.2) is 10.3 Å². The second-order valence-corrected chi connectivity index (χ2v) is 15.4. The van der Waals surface area contributed by atoms with E-state index in [-0.39, 0.29) is 12.0 Å². The Morgan fingerprint density at radius 2 is 1.17 bits per heavy atom. The Kier molecular flexibility index (Phi) is 6.80. The molecule has 2 nitrogen and oxygen atoms in total. The zero-order valence-electron chi connectivity index (χ0n) is 30.1. The minimum absolute atomic E-state index is 0.0281. The van der Waals surface area contributed by atoms with E-state index in [4.69, 9.17) is 4.99 Å². The smallest absolute Gasteiger partial charge is 0.0800 e. The van der Waals surface area contributed by atoms with Gasteiger partial charge in [-0.2, -0.15) is 0 Å². The van der Waals surface area contributed by atoms with Crippen LogP contribution in [0.25, 0.3) is 54.5 Å². The van der Waals surface area contributed by atoms with Crippen molar-refractivity contribution >= 4 is 54.7 Å². The Hall–Kier alpha value is -5.99. The molecule has 11 rings (SSSR count). The molecule has 0 saturated heterocycles. The molecule has 53 heavy (non-hydrogen) atoms. The number of para-hydroxylation sites is 1. The largest absolute Gasteiger partial charge is 0.331 e. The number of fused-ring (bicyclic) bond motifs is 8. The molecule has 0 radical (unpaired) electrons. The molecule has 4 atom stereocenters. The summed E-state index contributed by atoms with van der Waals surface area (Å²) >= 11 is 0. The first-order chi connectivity index (χ1) is 26.2. The zero-order chi connectivity index (χ0) is 35.2. The first-order valence-electron chi connectivity index (χ1n) is 19.3. The predicted octanol–water partition coefficient (Wildman–Crippen LogP) is 13.4. The Balaban J connectivity index is 1.20. The van der Waals surface area contributed by atoms with Crippen LogP contribution in [0.3, 0.4) is 0 Å². The zero-order valence-corrected chi connectivity index (χ0v) is 30.1. The average Bonchev–Trinajstić information content (AvgIpc) is 3.69. The van der Waals surface area contributed by atoms with Gasteiger partial charge >= 0.3 is 0 Å². The molecule has 0 saturated carbocycles. The van der Waals surface area contributed by atoms with Crippen molar-refractivity contribution in [2.24, 2.45) is 10.9 Å². The Morgan fingerprint density at radius 3 is 1.96 bits per heavy atom. The summed E-state index contributed by atoms with van der Waals surface area (Å²) in [6.45, 7) is 4.84. The van der Waals surface area contributed by atoms with Gasteiger partial charge in [0.2, 0.25) is 0 Å². The normalized spacial score (nSPS) is 19.4. The number of aryl methyl sites for hydroxylation is 1. The maximum absolute atomic E-state index is 5.58. The third kappa shape index (κ3) is 4.42. The Bertz CT molecular complexity index is 2880. The lowest BCUT2D eigenvalue weighted by molar-refractivity contribution is 0.401. The number of hydrogen-bond donors (Lipinski definition) is 0. The molecular weight excluding hydrogens is 641 g/mol. The van der Waals surface area contributed by atoms with Crippen molar-refractivity contribution in [2.45, 2.75) is 44.6 Å². The quantitative estimate of drug-likeness (QED) is 0.161. The molecule has 2 aliphatic rings. The minimum atomic E-state index is 0.0281. The van der Waals surface area contributed by atoms with Gasteiger partial charge in [0.15, 0.2) is 0 Å². The van der Waals surface area contributed by atoms with Crippen LogP contribution in [0.1, 0.15) is 66.0 Å². The van der Waals surface area contributed by atoms with Crippen LogP contribution in [0.4, 0.5) is 5.69 Å². The van der Waals surface area contributed by atoms with E-state index >= 15 is 0 Å². The Labute approximate surface area is 310 Å². The average molecular weight is 681 g/mol. The van der Waals surface area contributed by atoms with E-state index in [1.54, 1.807) is 0 Å². The molecule has 1 aromatic heterocycles. The van der Waals surface area contributed by atoms with Gasteiger partial charge in [0.25, 0.3) is 0 Å². The monoisotopic (exact) mass is 680 g/mol. The van der Waals surface area contributed by atoms with Crippen LogP contribution in [-0.2, 0) is 6.42 Å². The third-order valence-electron chi connectivity index (χ3n) is 12.8. The summed E-state index contributed by atoms with van der Waals surface area (Å²) in [5, 5.41) is 8.17. The number of hydrogen-bond acceptors (Lipinski definition) is 1. The van der Waals surface area contributed by atoms with E-state index in [1.807, 2.05) is 0 Å². The molecule has 8 aromatic carbocycles. The molecule has 0 amide bonds. The summed E-state index contributed by atoms with van der Waals surface area (Å²) in [5.41, 5.74) is 14.5. The fourth-order valence-corrected chi connectivity index (χ4v) is 10.2. The molecule has 1 aliphatic heterocycles. The maximum atomic E-state index is 5.58. The molecule has 254 valence electrons. The summed E-state index contributed by atoms with van der Waals surface area (Å²) in [7, 11) is 0. The van der Waals surface area contributed by atoms with Crippen molar-refractivity contribution in [3.8, 4) is 11.1 Å². The topological polar surface area (TPSA) is 17.3 Å². The highest BCUT2D eigenvalue weighted by molar-refractivity contribution is 6.36. The van der Waals surface area contributed by atoms with Crippen LogP contribution in [0.5, 0.6) is 0 Å². The molecule has 0 N–H and O–H groups in total. The summed E-state index contributed by atoms with van der Waals surface area (Å²) in [5.74, 6) is 0.968. The molecular formula is C51H40N2. The minimum Gasteiger partial charge on any atom is -0.331 e. The number of aliphatic imine (C=N–C) groups is 1. The second kappa shape index (κ2) is 11.8. The molecule has 0 spiro atoms. The number of nitrogens with zero attached hydrogens (tertiary/aromatic N) is 2. The lowest BCUT2D eigenvalue weighted by Crippen LogP contribution is -2.28. The van der Waals surface area contributed by atoms with E-state index in [1.165, 1.54) is 82.3 Å². The summed E-state index contributed by atoms with van der Waals surface area (Å²) < 4.78 is 2.67. The standard InChI is InChI=1S/C51H40N2/c1-31-32(2)51(50(34-17-7-4-8-18-34)52-43-24-12-11-19-35(31)43)53-44-25-13-22-39-41-30-29-40-37(28-27-33-15-5-3-6-16-33)36-20-9-10-21-38(36)46(40)47(41)42-23-14-26-45(53)49(42)48(39)44/h3-26,29-32,37,51H,27-28H2,1-2H3. The first-order valence-corrected chi connectivity index (χ1v) is 19.3. The predicted molar refractivity (Wildman–Crippen MR) is 223 cm³/mol. The highest BCUT2D eigenvalue weighted by Crippen LogP contribution is 2.54. The van der Waals surface area contributed by atoms with Crippen molar-refractivity contribution in [2.75, 3.05) is 0 Å². The van der Waals surface area contributed by atoms with E-state index in [9.17, 15) is 0 Å². The lowest BCUT2D eigenvalue weighted by Gasteiger charge is -2.31. The van der Waals surface area contributed by atoms with Crippen LogP contribution >= 0.6 is 0 Å². The van der Waals surface area contributed by atoms with Crippen LogP contribution in [0.2, 0.25) is 0 Å². The van der Waals surface area contributed by atoms with Gasteiger partial charge in [-0.25, -0.2) is 0 Å². The van der Waals surface area contributed by atoms with Gasteiger partial charge in [-0.1, -0.05) is 153 Å². The van der Waals surface area contributed by atoms with Crippen molar-refractivity contribution < 1.29 is 0 Å². The van der Waals surface area contributed by atoms with Crippen molar-refractivity contribution in [3.63, 3.8) is 0 Å². The lowest BCUT2D eigenvalue weighted by atomic mass is 9.81. The molecule has 2 heterocycles. The fraction of sp³-hybridized carbons (Fsp3) is 0.157. The molecule has 4 unspecified atom stereocenters. The third-order valence-corrected chi connectivity index (χ3v) is 12.8. The van der Waals surface area contributed by atoms with Crippen molar-refractivity contribution in [1.29, 1.82) is 0 Å². The van der Waals surface area contributed by atoms with Gasteiger partial charge in [0.1, 0.15) is 0 Å². The van der Waals surface area contributed by atoms with E-state index in [2.05, 4.69) is 176 Å². The highest BCUT2D eigenvalue weighted by Gasteiger charge is 2.37. The van der Waals surface area contributed by atoms with Gasteiger partial charge in [-0.3, -0.25) is 4.99 Å². The SMILES string of the molecule is CC1c2ccccc2N=C(c2ccccc2)C(n2c3cccc4c5ccc6c(c5c5cccc2c5c43)-c2ccccc2C6CCc2ccccc2)C1C. The molecule has 1 aliphatic carbocycles. The van der Waals surface area contributed by atoms with Gasteiger partial charge in [0.05, 0.1) is 28.5 Å². The van der Waals surface area contributed by atoms with Crippen LogP contribution in [0.15, 0.2) is 163 Å². The molecule has 0 fully saturated rings. The second-order valence-electron chi connectivity index (χ2n) is 15.4. The van der Waals surface area contributed by atoms with Gasteiger partial charge in [-0.15, -0.1) is 0 Å². The van der Waals surface area contributed by atoms with E-state index in [0.717, 1.165) is 24.2 Å². The van der Waals surface area contributed by atoms with Crippen molar-refractivity contribution in [3.05, 3.63) is 186 Å². The summed E-state index contributed by atoms with van der Waals surface area (Å²) in [4.78, 5) is 5.58. The number of aromatic nitrogens is 1. The highest BCUT2D eigenvalue weighted by atomic mass is 15.1. The number of benzene rings is 8. The van der Waals surface area contributed by atoms with Crippen LogP contribution in [0, 0.1) is 5.92 Å². The number of rotatable bonds is 5. The fourth-order valence-electron chi connectivity index (χ4n) is 10.2. The van der Waals surface area contributed by atoms with Gasteiger partial charge in [0, 0.05) is 16.7 Å². The first kappa shape index (κ1) is 30.6. The molecule has 9 aromatic rings. The maximum Gasteiger partial charge on any atom is 0.0800 e. The van der Waals surface area contributed by atoms with E-state index in [0.29, 0.717) is 11.8 Å². The van der Waals surface area contributed by atoms with Gasteiger partial charge in [-0.05, 0) is 103 Å². The molecule has 2 heteroatoms. The van der Waals surface area contributed by atoms with Crippen molar-refractivity contribution in [1.82, 2.24) is 4.57 Å². The van der Waals surface area contributed by atoms with Gasteiger partial charge < -0.3 is 4.57 Å². The van der Waals surface area contributed by atoms with E-state index < -0.39 is 0 Å².